The van der Waals surface area contributed by atoms with Crippen molar-refractivity contribution in [2.45, 2.75) is 32.9 Å². The van der Waals surface area contributed by atoms with Gasteiger partial charge in [0.25, 0.3) is 0 Å². The standard InChI is InChI=1S/C13H18N2O3/c1-9(2)14-13(17)10-6-12(16)15(7-10)8-11-4-3-5-18-11/h3-5,9-10H,6-8H2,1-2H3,(H,14,17)/t10-/m1/s1. The van der Waals surface area contributed by atoms with Crippen LogP contribution < -0.4 is 5.32 Å². The lowest BCUT2D eigenvalue weighted by molar-refractivity contribution is -0.129. The van der Waals surface area contributed by atoms with E-state index in [2.05, 4.69) is 5.32 Å². The Morgan fingerprint density at radius 3 is 3.00 bits per heavy atom. The number of nitrogens with zero attached hydrogens (tertiary/aromatic N) is 1. The number of likely N-dealkylation sites (tertiary alicyclic amines) is 1. The van der Waals surface area contributed by atoms with E-state index in [1.165, 1.54) is 0 Å². The molecule has 1 aromatic heterocycles. The van der Waals surface area contributed by atoms with Crippen molar-refractivity contribution in [3.63, 3.8) is 0 Å². The molecule has 1 fully saturated rings. The molecule has 2 rings (SSSR count). The highest BCUT2D eigenvalue weighted by Crippen LogP contribution is 2.20. The van der Waals surface area contributed by atoms with E-state index in [9.17, 15) is 9.59 Å². The molecule has 1 aromatic rings. The van der Waals surface area contributed by atoms with Crippen molar-refractivity contribution in [3.8, 4) is 0 Å². The zero-order valence-corrected chi connectivity index (χ0v) is 10.7. The van der Waals surface area contributed by atoms with E-state index in [1.807, 2.05) is 19.9 Å². The van der Waals surface area contributed by atoms with Gasteiger partial charge in [0, 0.05) is 19.0 Å². The maximum atomic E-state index is 11.8. The predicted octanol–water partition coefficient (Wildman–Crippen LogP) is 1.15. The average molecular weight is 250 g/mol. The van der Waals surface area contributed by atoms with Crippen molar-refractivity contribution in [3.05, 3.63) is 24.2 Å². The minimum Gasteiger partial charge on any atom is -0.467 e. The first-order chi connectivity index (χ1) is 8.56. The monoisotopic (exact) mass is 250 g/mol. The summed E-state index contributed by atoms with van der Waals surface area (Å²) in [5, 5.41) is 2.84. The summed E-state index contributed by atoms with van der Waals surface area (Å²) in [5.41, 5.74) is 0. The highest BCUT2D eigenvalue weighted by atomic mass is 16.3. The summed E-state index contributed by atoms with van der Waals surface area (Å²) in [7, 11) is 0. The van der Waals surface area contributed by atoms with Crippen LogP contribution >= 0.6 is 0 Å². The van der Waals surface area contributed by atoms with E-state index in [1.54, 1.807) is 17.2 Å². The van der Waals surface area contributed by atoms with E-state index in [0.29, 0.717) is 19.5 Å². The van der Waals surface area contributed by atoms with Crippen LogP contribution in [0.5, 0.6) is 0 Å². The van der Waals surface area contributed by atoms with E-state index in [4.69, 9.17) is 4.42 Å². The number of furan rings is 1. The van der Waals surface area contributed by atoms with Crippen LogP contribution in [0.15, 0.2) is 22.8 Å². The minimum atomic E-state index is -0.241. The van der Waals surface area contributed by atoms with Gasteiger partial charge in [-0.15, -0.1) is 0 Å². The summed E-state index contributed by atoms with van der Waals surface area (Å²) in [6.45, 7) is 4.74. The summed E-state index contributed by atoms with van der Waals surface area (Å²) in [4.78, 5) is 25.3. The molecular formula is C13H18N2O3. The zero-order valence-electron chi connectivity index (χ0n) is 10.7. The maximum Gasteiger partial charge on any atom is 0.225 e. The molecule has 5 heteroatoms. The molecule has 0 radical (unpaired) electrons. The molecule has 1 aliphatic heterocycles. The molecule has 1 atom stereocenters. The number of rotatable bonds is 4. The Labute approximate surface area is 106 Å². The normalized spacial score (nSPS) is 19.6. The number of nitrogens with one attached hydrogen (secondary N) is 1. The van der Waals surface area contributed by atoms with Gasteiger partial charge in [-0.25, -0.2) is 0 Å². The van der Waals surface area contributed by atoms with Gasteiger partial charge < -0.3 is 14.6 Å². The smallest absolute Gasteiger partial charge is 0.225 e. The fourth-order valence-electron chi connectivity index (χ4n) is 2.09. The van der Waals surface area contributed by atoms with Gasteiger partial charge in [-0.1, -0.05) is 0 Å². The second kappa shape index (κ2) is 5.25. The molecule has 5 nitrogen and oxygen atoms in total. The van der Waals surface area contributed by atoms with Crippen LogP contribution in [0.1, 0.15) is 26.0 Å². The van der Waals surface area contributed by atoms with Crippen molar-refractivity contribution in [1.82, 2.24) is 10.2 Å². The van der Waals surface area contributed by atoms with Crippen LogP contribution in [-0.4, -0.2) is 29.3 Å². The lowest BCUT2D eigenvalue weighted by Crippen LogP contribution is -2.36. The van der Waals surface area contributed by atoms with Gasteiger partial charge in [0.1, 0.15) is 5.76 Å². The molecule has 0 spiro atoms. The van der Waals surface area contributed by atoms with Crippen LogP contribution in [0, 0.1) is 5.92 Å². The van der Waals surface area contributed by atoms with Gasteiger partial charge in [0.2, 0.25) is 11.8 Å². The second-order valence-electron chi connectivity index (χ2n) is 4.92. The average Bonchev–Trinajstić information content (AvgIpc) is 2.89. The molecule has 2 amide bonds. The lowest BCUT2D eigenvalue weighted by Gasteiger charge is -2.15. The van der Waals surface area contributed by atoms with Gasteiger partial charge in [-0.2, -0.15) is 0 Å². The highest BCUT2D eigenvalue weighted by molar-refractivity contribution is 5.89. The zero-order chi connectivity index (χ0) is 13.1. The number of amides is 2. The summed E-state index contributed by atoms with van der Waals surface area (Å²) in [5.74, 6) is 0.471. The second-order valence-corrected chi connectivity index (χ2v) is 4.92. The molecule has 0 bridgehead atoms. The van der Waals surface area contributed by atoms with Crippen molar-refractivity contribution in [1.29, 1.82) is 0 Å². The van der Waals surface area contributed by atoms with Gasteiger partial charge in [-0.05, 0) is 26.0 Å². The van der Waals surface area contributed by atoms with Gasteiger partial charge in [-0.3, -0.25) is 9.59 Å². The van der Waals surface area contributed by atoms with E-state index in [-0.39, 0.29) is 23.8 Å². The molecule has 0 saturated carbocycles. The topological polar surface area (TPSA) is 62.6 Å². The predicted molar refractivity (Wildman–Crippen MR) is 65.5 cm³/mol. The van der Waals surface area contributed by atoms with E-state index < -0.39 is 0 Å². The largest absolute Gasteiger partial charge is 0.467 e. The number of carbonyl (C=O) groups is 2. The van der Waals surface area contributed by atoms with Crippen molar-refractivity contribution < 1.29 is 14.0 Å². The summed E-state index contributed by atoms with van der Waals surface area (Å²) < 4.78 is 5.21. The number of carbonyl (C=O) groups excluding carboxylic acids is 2. The fraction of sp³-hybridized carbons (Fsp3) is 0.538. The molecule has 0 unspecified atom stereocenters. The first-order valence-corrected chi connectivity index (χ1v) is 6.17. The minimum absolute atomic E-state index is 0.00954. The molecule has 98 valence electrons. The Morgan fingerprint density at radius 2 is 2.39 bits per heavy atom. The van der Waals surface area contributed by atoms with Crippen molar-refractivity contribution in [2.75, 3.05) is 6.54 Å². The quantitative estimate of drug-likeness (QED) is 0.872. The number of hydrogen-bond donors (Lipinski definition) is 1. The summed E-state index contributed by atoms with van der Waals surface area (Å²) in [6.07, 6.45) is 1.87. The molecule has 2 heterocycles. The Hall–Kier alpha value is -1.78. The highest BCUT2D eigenvalue weighted by Gasteiger charge is 2.34. The molecule has 1 aliphatic rings. The van der Waals surface area contributed by atoms with E-state index >= 15 is 0 Å². The molecule has 18 heavy (non-hydrogen) atoms. The number of hydrogen-bond acceptors (Lipinski definition) is 3. The maximum absolute atomic E-state index is 11.8. The van der Waals surface area contributed by atoms with Crippen LogP contribution in [0.4, 0.5) is 0 Å². The lowest BCUT2D eigenvalue weighted by atomic mass is 10.1. The van der Waals surface area contributed by atoms with Gasteiger partial charge >= 0.3 is 0 Å². The Balaban J connectivity index is 1.92. The Morgan fingerprint density at radius 1 is 1.61 bits per heavy atom. The molecule has 1 N–H and O–H groups in total. The van der Waals surface area contributed by atoms with Crippen LogP contribution in [0.3, 0.4) is 0 Å². The molecule has 0 aromatic carbocycles. The Kier molecular flexibility index (Phi) is 3.69. The van der Waals surface area contributed by atoms with Crippen LogP contribution in [0.25, 0.3) is 0 Å². The summed E-state index contributed by atoms with van der Waals surface area (Å²) >= 11 is 0. The third kappa shape index (κ3) is 2.91. The van der Waals surface area contributed by atoms with Crippen LogP contribution in [-0.2, 0) is 16.1 Å². The molecular weight excluding hydrogens is 232 g/mol. The first kappa shape index (κ1) is 12.7. The first-order valence-electron chi connectivity index (χ1n) is 6.17. The van der Waals surface area contributed by atoms with Crippen molar-refractivity contribution >= 4 is 11.8 Å². The summed E-state index contributed by atoms with van der Waals surface area (Å²) in [6, 6.07) is 3.72. The van der Waals surface area contributed by atoms with Gasteiger partial charge in [0.05, 0.1) is 18.7 Å². The third-order valence-electron chi connectivity index (χ3n) is 2.94. The fourth-order valence-corrected chi connectivity index (χ4v) is 2.09. The third-order valence-corrected chi connectivity index (χ3v) is 2.94. The van der Waals surface area contributed by atoms with Crippen molar-refractivity contribution in [2.24, 2.45) is 5.92 Å². The Bertz CT molecular complexity index is 425. The van der Waals surface area contributed by atoms with Crippen LogP contribution in [0.2, 0.25) is 0 Å². The molecule has 0 aliphatic carbocycles. The molecule has 1 saturated heterocycles. The SMILES string of the molecule is CC(C)NC(=O)[C@@H]1CC(=O)N(Cc2ccco2)C1. The van der Waals surface area contributed by atoms with E-state index in [0.717, 1.165) is 5.76 Å². The van der Waals surface area contributed by atoms with Gasteiger partial charge in [0.15, 0.2) is 0 Å².